The summed E-state index contributed by atoms with van der Waals surface area (Å²) in [6.07, 6.45) is 4.39. The third-order valence-corrected chi connectivity index (χ3v) is 5.80. The Morgan fingerprint density at radius 3 is 2.66 bits per heavy atom. The van der Waals surface area contributed by atoms with Crippen LogP contribution in [0.2, 0.25) is 0 Å². The van der Waals surface area contributed by atoms with Gasteiger partial charge in [0.1, 0.15) is 7.05 Å². The zero-order valence-electron chi connectivity index (χ0n) is 17.2. The zero-order valence-corrected chi connectivity index (χ0v) is 17.2. The number of hydrogen-bond acceptors (Lipinski definition) is 3. The molecule has 1 aliphatic heterocycles. The van der Waals surface area contributed by atoms with Gasteiger partial charge in [-0.25, -0.2) is 9.55 Å². The number of anilines is 1. The molecule has 1 aliphatic rings. The molecule has 4 heterocycles. The maximum absolute atomic E-state index is 6.15. The summed E-state index contributed by atoms with van der Waals surface area (Å²) in [5.74, 6) is 3.11. The smallest absolute Gasteiger partial charge is 0.398 e. The molecule has 0 N–H and O–H groups in total. The molecular weight excluding hydrogens is 357 g/mol. The average Bonchev–Trinajstić information content (AvgIpc) is 3.09. The lowest BCUT2D eigenvalue weighted by molar-refractivity contribution is -0.653. The summed E-state index contributed by atoms with van der Waals surface area (Å²) in [4.78, 5) is 6.76. The third kappa shape index (κ3) is 2.85. The van der Waals surface area contributed by atoms with Crippen molar-refractivity contribution >= 4 is 35.5 Å². The van der Waals surface area contributed by atoms with Crippen LogP contribution < -0.4 is 15.0 Å². The van der Waals surface area contributed by atoms with E-state index in [1.54, 1.807) is 0 Å². The monoisotopic (exact) mass is 380 g/mol. The Morgan fingerprint density at radius 2 is 1.86 bits per heavy atom. The first-order valence-corrected chi connectivity index (χ1v) is 9.89. The van der Waals surface area contributed by atoms with Crippen LogP contribution >= 0.6 is 0 Å². The van der Waals surface area contributed by atoms with Crippen molar-refractivity contribution in [1.29, 1.82) is 0 Å². The van der Waals surface area contributed by atoms with Crippen LogP contribution in [-0.4, -0.2) is 18.9 Å². The molecule has 1 aromatic carbocycles. The molecule has 0 bridgehead atoms. The van der Waals surface area contributed by atoms with Crippen LogP contribution in [0.25, 0.3) is 28.3 Å². The van der Waals surface area contributed by atoms with Gasteiger partial charge in [0, 0.05) is 28.3 Å². The highest BCUT2D eigenvalue weighted by Crippen LogP contribution is 2.35. The van der Waals surface area contributed by atoms with Gasteiger partial charge in [0.25, 0.3) is 0 Å². The summed E-state index contributed by atoms with van der Waals surface area (Å²) >= 11 is 0. The molecule has 5 rings (SSSR count). The third-order valence-electron chi connectivity index (χ3n) is 5.80. The first-order valence-electron chi connectivity index (χ1n) is 9.89. The van der Waals surface area contributed by atoms with Crippen molar-refractivity contribution in [1.82, 2.24) is 4.98 Å². The molecule has 0 spiro atoms. The molecule has 142 valence electrons. The van der Waals surface area contributed by atoms with E-state index in [0.717, 1.165) is 22.5 Å². The normalized spacial score (nSPS) is 13.2. The van der Waals surface area contributed by atoms with Crippen molar-refractivity contribution in [3.63, 3.8) is 0 Å². The molecule has 3 aromatic heterocycles. The van der Waals surface area contributed by atoms with Crippen LogP contribution in [-0.2, 0) is 7.05 Å². The fraction of sp³-hybridized carbons (Fsp3) is 0.167. The fourth-order valence-electron chi connectivity index (χ4n) is 4.23. The van der Waals surface area contributed by atoms with Crippen LogP contribution in [0, 0.1) is 13.8 Å². The van der Waals surface area contributed by atoms with Gasteiger partial charge >= 0.3 is 6.85 Å². The van der Waals surface area contributed by atoms with E-state index in [1.807, 2.05) is 13.0 Å². The molecule has 29 heavy (non-hydrogen) atoms. The summed E-state index contributed by atoms with van der Waals surface area (Å²) in [6.45, 7) is 4.26. The summed E-state index contributed by atoms with van der Waals surface area (Å²) < 4.78 is 8.37. The molecule has 0 saturated heterocycles. The molecule has 0 unspecified atom stereocenters. The van der Waals surface area contributed by atoms with Gasteiger partial charge in [-0.3, -0.25) is 0 Å². The van der Waals surface area contributed by atoms with Crippen LogP contribution in [0.4, 0.5) is 5.88 Å². The average molecular weight is 380 g/mol. The topological polar surface area (TPSA) is 33.2 Å². The van der Waals surface area contributed by atoms with Crippen molar-refractivity contribution < 1.29 is 8.98 Å². The summed E-state index contributed by atoms with van der Waals surface area (Å²) in [5, 5.41) is 1.06. The van der Waals surface area contributed by atoms with Gasteiger partial charge in [-0.05, 0) is 44.2 Å². The molecule has 0 saturated carbocycles. The molecule has 0 atom stereocenters. The van der Waals surface area contributed by atoms with E-state index in [-0.39, 0.29) is 6.85 Å². The SMILES string of the molecule is Cc1ccc2c3c(oc2n1)N(C)B(c1cc(C)c(-c2ccccc2)c[n+]1C)C=C3. The molecule has 0 amide bonds. The first kappa shape index (κ1) is 17.7. The zero-order chi connectivity index (χ0) is 20.1. The Morgan fingerprint density at radius 1 is 1.07 bits per heavy atom. The largest absolute Gasteiger partial charge is 0.423 e. The summed E-state index contributed by atoms with van der Waals surface area (Å²) in [6, 6.07) is 16.9. The second-order valence-corrected chi connectivity index (χ2v) is 7.81. The van der Waals surface area contributed by atoms with Crippen LogP contribution in [0.1, 0.15) is 16.8 Å². The number of nitrogens with zero attached hydrogens (tertiary/aromatic N) is 3. The number of aromatic nitrogens is 2. The van der Waals surface area contributed by atoms with Gasteiger partial charge in [0.05, 0.1) is 0 Å². The summed E-state index contributed by atoms with van der Waals surface area (Å²) in [5.41, 5.74) is 7.74. The molecule has 0 aliphatic carbocycles. The van der Waals surface area contributed by atoms with Gasteiger partial charge < -0.3 is 9.23 Å². The minimum atomic E-state index is 0.0951. The molecule has 5 heteroatoms. The first-order chi connectivity index (χ1) is 14.0. The van der Waals surface area contributed by atoms with Gasteiger partial charge in [0.15, 0.2) is 17.7 Å². The maximum Gasteiger partial charge on any atom is 0.398 e. The second kappa shape index (κ2) is 6.62. The highest BCUT2D eigenvalue weighted by atomic mass is 16.4. The van der Waals surface area contributed by atoms with E-state index in [4.69, 9.17) is 4.42 Å². The van der Waals surface area contributed by atoms with Crippen molar-refractivity contribution in [2.75, 3.05) is 11.9 Å². The maximum atomic E-state index is 6.15. The van der Waals surface area contributed by atoms with Crippen molar-refractivity contribution in [3.8, 4) is 11.1 Å². The quantitative estimate of drug-likeness (QED) is 0.391. The van der Waals surface area contributed by atoms with Gasteiger partial charge in [-0.15, -0.1) is 0 Å². The second-order valence-electron chi connectivity index (χ2n) is 7.81. The van der Waals surface area contributed by atoms with Crippen molar-refractivity contribution in [2.24, 2.45) is 7.05 Å². The number of pyridine rings is 2. The summed E-state index contributed by atoms with van der Waals surface area (Å²) in [7, 11) is 4.20. The number of benzene rings is 1. The Labute approximate surface area is 171 Å². The lowest BCUT2D eigenvalue weighted by Crippen LogP contribution is -2.60. The number of rotatable bonds is 2. The van der Waals surface area contributed by atoms with E-state index in [0.29, 0.717) is 5.71 Å². The minimum Gasteiger partial charge on any atom is -0.423 e. The standard InChI is InChI=1S/C24H23BN3O/c1-16-14-22(27(3)15-21(16)18-8-6-5-7-9-18)25-13-12-20-19-11-10-17(2)26-23(19)29-24(20)28(25)4/h5-15H,1-4H3/q+1. The number of aryl methyl sites for hydroxylation is 3. The molecule has 0 radical (unpaired) electrons. The number of fused-ring (bicyclic) bond motifs is 3. The number of furan rings is 1. The van der Waals surface area contributed by atoms with E-state index in [9.17, 15) is 0 Å². The Balaban J connectivity index is 1.58. The van der Waals surface area contributed by atoms with E-state index in [1.165, 1.54) is 22.3 Å². The van der Waals surface area contributed by atoms with Crippen molar-refractivity contribution in [2.45, 2.75) is 13.8 Å². The van der Waals surface area contributed by atoms with Crippen LogP contribution in [0.5, 0.6) is 0 Å². The van der Waals surface area contributed by atoms with Crippen LogP contribution in [0.3, 0.4) is 0 Å². The minimum absolute atomic E-state index is 0.0951. The predicted molar refractivity (Wildman–Crippen MR) is 119 cm³/mol. The van der Waals surface area contributed by atoms with E-state index in [2.05, 4.69) is 96.1 Å². The molecule has 0 fully saturated rings. The van der Waals surface area contributed by atoms with Gasteiger partial charge in [-0.1, -0.05) is 42.4 Å². The lowest BCUT2D eigenvalue weighted by Gasteiger charge is -2.24. The Bertz CT molecular complexity index is 1260. The molecular formula is C24H23BN3O+. The molecule has 4 nitrogen and oxygen atoms in total. The van der Waals surface area contributed by atoms with E-state index < -0.39 is 0 Å². The Hall–Kier alpha value is -3.34. The highest BCUT2D eigenvalue weighted by molar-refractivity contribution is 6.80. The van der Waals surface area contributed by atoms with Crippen LogP contribution in [0.15, 0.2) is 65.1 Å². The lowest BCUT2D eigenvalue weighted by atomic mass is 9.55. The van der Waals surface area contributed by atoms with Gasteiger partial charge in [-0.2, -0.15) is 0 Å². The van der Waals surface area contributed by atoms with Crippen molar-refractivity contribution in [3.05, 3.63) is 77.5 Å². The Kier molecular flexibility index (Phi) is 4.05. The van der Waals surface area contributed by atoms with E-state index >= 15 is 0 Å². The molecule has 4 aromatic rings. The number of hydrogen-bond donors (Lipinski definition) is 0. The predicted octanol–water partition coefficient (Wildman–Crippen LogP) is 3.84. The highest BCUT2D eigenvalue weighted by Gasteiger charge is 2.35. The fourth-order valence-corrected chi connectivity index (χ4v) is 4.23. The van der Waals surface area contributed by atoms with Gasteiger partial charge in [0.2, 0.25) is 5.71 Å².